The number of hydrogen-bond donors (Lipinski definition) is 3. The molecule has 0 amide bonds. The molecule has 1 unspecified atom stereocenters. The zero-order valence-electron chi connectivity index (χ0n) is 14.2. The molecule has 3 N–H and O–H groups in total. The molecular formula is C19H26N2O3. The number of morpholine rings is 1. The largest absolute Gasteiger partial charge is 0.508 e. The van der Waals surface area contributed by atoms with Gasteiger partial charge in [0.25, 0.3) is 0 Å². The van der Waals surface area contributed by atoms with Crippen molar-refractivity contribution < 1.29 is 14.9 Å². The predicted molar refractivity (Wildman–Crippen MR) is 95.2 cm³/mol. The van der Waals surface area contributed by atoms with E-state index in [2.05, 4.69) is 10.2 Å². The topological polar surface area (TPSA) is 65.0 Å². The summed E-state index contributed by atoms with van der Waals surface area (Å²) in [6.07, 6.45) is 0. The monoisotopic (exact) mass is 330 g/mol. The van der Waals surface area contributed by atoms with Crippen LogP contribution in [0.1, 0.15) is 12.5 Å². The van der Waals surface area contributed by atoms with E-state index in [0.29, 0.717) is 19.6 Å². The normalized spacial score (nSPS) is 18.6. The first-order valence-electron chi connectivity index (χ1n) is 8.48. The molecule has 1 heterocycles. The molecule has 0 aliphatic carbocycles. The maximum atomic E-state index is 10.6. The van der Waals surface area contributed by atoms with Crippen molar-refractivity contribution >= 4 is 10.8 Å². The minimum absolute atomic E-state index is 0.286. The van der Waals surface area contributed by atoms with Crippen LogP contribution in [0, 0.1) is 0 Å². The van der Waals surface area contributed by atoms with Gasteiger partial charge in [0, 0.05) is 38.3 Å². The lowest BCUT2D eigenvalue weighted by atomic mass is 10.0. The fourth-order valence-corrected chi connectivity index (χ4v) is 3.26. The van der Waals surface area contributed by atoms with Gasteiger partial charge in [-0.05, 0) is 23.8 Å². The standard InChI is InChI=1S/C19H26N2O3/c1-19(23,14-21-8-10-24-11-9-21)13-20-12-17-16-5-3-2-4-15(16)6-7-18(17)22/h2-7,20,22-23H,8-14H2,1H3. The van der Waals surface area contributed by atoms with E-state index in [1.807, 2.05) is 37.3 Å². The Morgan fingerprint density at radius 1 is 1.17 bits per heavy atom. The minimum Gasteiger partial charge on any atom is -0.508 e. The number of aliphatic hydroxyl groups is 1. The number of hydrogen-bond acceptors (Lipinski definition) is 5. The molecule has 1 fully saturated rings. The predicted octanol–water partition coefficient (Wildman–Crippen LogP) is 1.72. The van der Waals surface area contributed by atoms with E-state index in [9.17, 15) is 10.2 Å². The summed E-state index contributed by atoms with van der Waals surface area (Å²) < 4.78 is 5.34. The summed E-state index contributed by atoms with van der Waals surface area (Å²) in [6, 6.07) is 11.7. The number of ether oxygens (including phenoxy) is 1. The number of phenols is 1. The fraction of sp³-hybridized carbons (Fsp3) is 0.474. The van der Waals surface area contributed by atoms with E-state index >= 15 is 0 Å². The van der Waals surface area contributed by atoms with Gasteiger partial charge in [-0.1, -0.05) is 30.3 Å². The number of phenolic OH excluding ortho intramolecular Hbond substituents is 1. The highest BCUT2D eigenvalue weighted by atomic mass is 16.5. The molecule has 5 nitrogen and oxygen atoms in total. The van der Waals surface area contributed by atoms with Crippen molar-refractivity contribution in [2.75, 3.05) is 39.4 Å². The molecule has 1 aliphatic heterocycles. The maximum absolute atomic E-state index is 10.6. The van der Waals surface area contributed by atoms with Crippen molar-refractivity contribution in [3.05, 3.63) is 42.0 Å². The summed E-state index contributed by atoms with van der Waals surface area (Å²) in [5.41, 5.74) is 0.0487. The summed E-state index contributed by atoms with van der Waals surface area (Å²) in [5.74, 6) is 0.286. The molecule has 24 heavy (non-hydrogen) atoms. The number of fused-ring (bicyclic) bond motifs is 1. The number of β-amino-alcohol motifs (C(OH)–C–C–N with tert-alkyl or cyclic N) is 1. The molecule has 2 aromatic carbocycles. The number of rotatable bonds is 6. The van der Waals surface area contributed by atoms with Crippen molar-refractivity contribution in [1.29, 1.82) is 0 Å². The van der Waals surface area contributed by atoms with Crippen LogP contribution in [0.5, 0.6) is 5.75 Å². The zero-order chi connectivity index (χ0) is 17.0. The van der Waals surface area contributed by atoms with Gasteiger partial charge in [0.05, 0.1) is 18.8 Å². The molecule has 0 bridgehead atoms. The van der Waals surface area contributed by atoms with Crippen molar-refractivity contribution in [3.63, 3.8) is 0 Å². The summed E-state index contributed by atoms with van der Waals surface area (Å²) in [6.45, 7) is 6.63. The number of aromatic hydroxyl groups is 1. The first kappa shape index (κ1) is 17.2. The molecule has 0 spiro atoms. The lowest BCUT2D eigenvalue weighted by molar-refractivity contribution is -0.0219. The average Bonchev–Trinajstić information content (AvgIpc) is 2.57. The summed E-state index contributed by atoms with van der Waals surface area (Å²) in [4.78, 5) is 2.22. The second-order valence-electron chi connectivity index (χ2n) is 6.77. The minimum atomic E-state index is -0.822. The molecule has 0 radical (unpaired) electrons. The van der Waals surface area contributed by atoms with Gasteiger partial charge in [0.1, 0.15) is 5.75 Å². The van der Waals surface area contributed by atoms with E-state index in [-0.39, 0.29) is 5.75 Å². The van der Waals surface area contributed by atoms with Crippen LogP contribution in [-0.4, -0.2) is 60.1 Å². The van der Waals surface area contributed by atoms with Gasteiger partial charge in [0.2, 0.25) is 0 Å². The summed E-state index contributed by atoms with van der Waals surface area (Å²) >= 11 is 0. The number of nitrogens with zero attached hydrogens (tertiary/aromatic N) is 1. The Morgan fingerprint density at radius 3 is 2.71 bits per heavy atom. The molecule has 3 rings (SSSR count). The van der Waals surface area contributed by atoms with E-state index in [1.165, 1.54) is 0 Å². The van der Waals surface area contributed by atoms with E-state index in [1.54, 1.807) is 6.07 Å². The quantitative estimate of drug-likeness (QED) is 0.753. The van der Waals surface area contributed by atoms with Crippen LogP contribution in [0.15, 0.2) is 36.4 Å². The average molecular weight is 330 g/mol. The van der Waals surface area contributed by atoms with Gasteiger partial charge in [0.15, 0.2) is 0 Å². The smallest absolute Gasteiger partial charge is 0.120 e. The van der Waals surface area contributed by atoms with Crippen molar-refractivity contribution in [3.8, 4) is 5.75 Å². The Balaban J connectivity index is 1.60. The third kappa shape index (κ3) is 4.24. The summed E-state index contributed by atoms with van der Waals surface area (Å²) in [7, 11) is 0. The Kier molecular flexibility index (Phi) is 5.36. The number of benzene rings is 2. The van der Waals surface area contributed by atoms with Crippen molar-refractivity contribution in [1.82, 2.24) is 10.2 Å². The highest BCUT2D eigenvalue weighted by Crippen LogP contribution is 2.26. The van der Waals surface area contributed by atoms with E-state index in [0.717, 1.165) is 42.6 Å². The lowest BCUT2D eigenvalue weighted by Crippen LogP contribution is -2.50. The van der Waals surface area contributed by atoms with Gasteiger partial charge in [-0.3, -0.25) is 4.90 Å². The zero-order valence-corrected chi connectivity index (χ0v) is 14.2. The van der Waals surface area contributed by atoms with Crippen LogP contribution in [0.2, 0.25) is 0 Å². The Labute approximate surface area is 142 Å². The molecule has 2 aromatic rings. The molecule has 0 saturated carbocycles. The van der Waals surface area contributed by atoms with Gasteiger partial charge in [-0.15, -0.1) is 0 Å². The molecule has 0 aromatic heterocycles. The van der Waals surface area contributed by atoms with Crippen LogP contribution in [0.4, 0.5) is 0 Å². The lowest BCUT2D eigenvalue weighted by Gasteiger charge is -2.34. The molecule has 5 heteroatoms. The van der Waals surface area contributed by atoms with Crippen LogP contribution < -0.4 is 5.32 Å². The molecular weight excluding hydrogens is 304 g/mol. The number of nitrogens with one attached hydrogen (secondary N) is 1. The third-order valence-electron chi connectivity index (χ3n) is 4.49. The van der Waals surface area contributed by atoms with Crippen LogP contribution in [-0.2, 0) is 11.3 Å². The Bertz CT molecular complexity index is 681. The van der Waals surface area contributed by atoms with Crippen LogP contribution in [0.3, 0.4) is 0 Å². The SMILES string of the molecule is CC(O)(CNCc1c(O)ccc2ccccc12)CN1CCOCC1. The summed E-state index contributed by atoms with van der Waals surface area (Å²) in [5, 5.41) is 26.2. The van der Waals surface area contributed by atoms with Gasteiger partial charge >= 0.3 is 0 Å². The van der Waals surface area contributed by atoms with Gasteiger partial charge < -0.3 is 20.3 Å². The highest BCUT2D eigenvalue weighted by Gasteiger charge is 2.25. The maximum Gasteiger partial charge on any atom is 0.120 e. The Morgan fingerprint density at radius 2 is 1.92 bits per heavy atom. The van der Waals surface area contributed by atoms with Crippen molar-refractivity contribution in [2.45, 2.75) is 19.1 Å². The highest BCUT2D eigenvalue weighted by molar-refractivity contribution is 5.87. The molecule has 1 atom stereocenters. The fourth-order valence-electron chi connectivity index (χ4n) is 3.26. The van der Waals surface area contributed by atoms with Crippen LogP contribution >= 0.6 is 0 Å². The van der Waals surface area contributed by atoms with E-state index < -0.39 is 5.60 Å². The van der Waals surface area contributed by atoms with E-state index in [4.69, 9.17) is 4.74 Å². The Hall–Kier alpha value is -1.66. The molecule has 1 saturated heterocycles. The second kappa shape index (κ2) is 7.49. The molecule has 1 aliphatic rings. The molecule has 130 valence electrons. The first-order chi connectivity index (χ1) is 11.6. The van der Waals surface area contributed by atoms with Gasteiger partial charge in [-0.2, -0.15) is 0 Å². The first-order valence-corrected chi connectivity index (χ1v) is 8.48. The van der Waals surface area contributed by atoms with Crippen LogP contribution in [0.25, 0.3) is 10.8 Å². The second-order valence-corrected chi connectivity index (χ2v) is 6.77. The van der Waals surface area contributed by atoms with Crippen molar-refractivity contribution in [2.24, 2.45) is 0 Å². The third-order valence-corrected chi connectivity index (χ3v) is 4.49. The van der Waals surface area contributed by atoms with Gasteiger partial charge in [-0.25, -0.2) is 0 Å².